The summed E-state index contributed by atoms with van der Waals surface area (Å²) in [4.78, 5) is 39.8. The summed E-state index contributed by atoms with van der Waals surface area (Å²) in [5.41, 5.74) is 2.76. The SMILES string of the molecule is COc1cccc2c1C(=O)c1c(O)c3c(c(O)c1C2=O)C[C@@](O)(C(=O)CO)CC3OC1C[C@@H](C)[C@@H](O)[C@@H](N)C1. The highest BCUT2D eigenvalue weighted by Gasteiger charge is 2.50. The minimum Gasteiger partial charge on any atom is -0.507 e. The summed E-state index contributed by atoms with van der Waals surface area (Å²) in [5.74, 6) is -3.79. The van der Waals surface area contributed by atoms with Crippen LogP contribution in [0.5, 0.6) is 17.2 Å². The molecule has 208 valence electrons. The normalized spacial score (nSPS) is 29.8. The number of phenols is 2. The first-order chi connectivity index (χ1) is 18.4. The van der Waals surface area contributed by atoms with E-state index in [0.717, 1.165) is 0 Å². The lowest BCUT2D eigenvalue weighted by Crippen LogP contribution is -2.50. The molecule has 0 radical (unpaired) electrons. The predicted molar refractivity (Wildman–Crippen MR) is 135 cm³/mol. The summed E-state index contributed by atoms with van der Waals surface area (Å²) in [7, 11) is 1.34. The Bertz CT molecular complexity index is 1380. The number of fused-ring (bicyclic) bond motifs is 3. The Balaban J connectivity index is 1.69. The van der Waals surface area contributed by atoms with Crippen LogP contribution >= 0.6 is 0 Å². The van der Waals surface area contributed by atoms with Gasteiger partial charge in [0.15, 0.2) is 11.6 Å². The minimum absolute atomic E-state index is 0.0319. The van der Waals surface area contributed by atoms with Crippen LogP contribution in [0, 0.1) is 5.92 Å². The number of methoxy groups -OCH3 is 1. The highest BCUT2D eigenvalue weighted by Crippen LogP contribution is 2.52. The third-order valence-electron chi connectivity index (χ3n) is 8.29. The van der Waals surface area contributed by atoms with E-state index in [1.807, 2.05) is 0 Å². The maximum absolute atomic E-state index is 13.7. The van der Waals surface area contributed by atoms with Gasteiger partial charge in [-0.05, 0) is 24.8 Å². The highest BCUT2D eigenvalue weighted by atomic mass is 16.5. The molecule has 5 rings (SSSR count). The molecule has 6 atom stereocenters. The topological polar surface area (TPSA) is 197 Å². The molecule has 0 saturated heterocycles. The van der Waals surface area contributed by atoms with Gasteiger partial charge in [0, 0.05) is 35.6 Å². The molecule has 11 heteroatoms. The van der Waals surface area contributed by atoms with Gasteiger partial charge in [0.2, 0.25) is 5.78 Å². The Morgan fingerprint density at radius 3 is 2.44 bits per heavy atom. The van der Waals surface area contributed by atoms with Gasteiger partial charge in [-0.1, -0.05) is 19.1 Å². The molecule has 0 aliphatic heterocycles. The fourth-order valence-corrected chi connectivity index (χ4v) is 6.25. The molecule has 7 N–H and O–H groups in total. The molecule has 0 amide bonds. The number of carbonyl (C=O) groups is 3. The average molecular weight is 542 g/mol. The number of ketones is 3. The van der Waals surface area contributed by atoms with Crippen molar-refractivity contribution in [3.05, 3.63) is 51.6 Å². The molecule has 1 fully saturated rings. The molecule has 3 aliphatic rings. The molecule has 0 bridgehead atoms. The van der Waals surface area contributed by atoms with Crippen LogP contribution in [-0.2, 0) is 16.0 Å². The first-order valence-electron chi connectivity index (χ1n) is 12.8. The summed E-state index contributed by atoms with van der Waals surface area (Å²) >= 11 is 0. The third kappa shape index (κ3) is 4.12. The molecule has 0 spiro atoms. The molecule has 39 heavy (non-hydrogen) atoms. The lowest BCUT2D eigenvalue weighted by molar-refractivity contribution is -0.151. The molecule has 0 heterocycles. The van der Waals surface area contributed by atoms with Crippen molar-refractivity contribution in [2.75, 3.05) is 13.7 Å². The summed E-state index contributed by atoms with van der Waals surface area (Å²) in [6.45, 7) is 0.813. The Morgan fingerprint density at radius 2 is 1.79 bits per heavy atom. The van der Waals surface area contributed by atoms with Gasteiger partial charge in [-0.2, -0.15) is 0 Å². The second-order valence-corrected chi connectivity index (χ2v) is 10.7. The number of hydrogen-bond donors (Lipinski definition) is 6. The zero-order chi connectivity index (χ0) is 28.4. The number of carbonyl (C=O) groups excluding carboxylic acids is 3. The maximum atomic E-state index is 13.7. The number of nitrogens with two attached hydrogens (primary N) is 1. The fourth-order valence-electron chi connectivity index (χ4n) is 6.25. The van der Waals surface area contributed by atoms with E-state index in [4.69, 9.17) is 15.2 Å². The van der Waals surface area contributed by atoms with Gasteiger partial charge in [-0.25, -0.2) is 0 Å². The van der Waals surface area contributed by atoms with E-state index in [0.29, 0.717) is 6.42 Å². The molecular formula is C28H31NO10. The van der Waals surface area contributed by atoms with Crippen molar-refractivity contribution < 1.29 is 49.4 Å². The number of Topliss-reactive ketones (excluding diaryl/α,β-unsaturated/α-hetero) is 1. The van der Waals surface area contributed by atoms with Gasteiger partial charge >= 0.3 is 0 Å². The van der Waals surface area contributed by atoms with Crippen molar-refractivity contribution in [2.45, 2.75) is 62.6 Å². The molecule has 0 aromatic heterocycles. The summed E-state index contributed by atoms with van der Waals surface area (Å²) in [6, 6.07) is 3.81. The quantitative estimate of drug-likeness (QED) is 0.248. The van der Waals surface area contributed by atoms with Crippen LogP contribution < -0.4 is 10.5 Å². The minimum atomic E-state index is -2.19. The fraction of sp³-hybridized carbons (Fsp3) is 0.464. The van der Waals surface area contributed by atoms with Crippen molar-refractivity contribution in [1.29, 1.82) is 0 Å². The van der Waals surface area contributed by atoms with Crippen molar-refractivity contribution in [3.8, 4) is 17.2 Å². The van der Waals surface area contributed by atoms with E-state index in [1.54, 1.807) is 6.92 Å². The van der Waals surface area contributed by atoms with Crippen molar-refractivity contribution >= 4 is 17.3 Å². The lowest BCUT2D eigenvalue weighted by Gasteiger charge is -2.42. The smallest absolute Gasteiger partial charge is 0.202 e. The molecule has 2 aromatic rings. The van der Waals surface area contributed by atoms with Crippen molar-refractivity contribution in [1.82, 2.24) is 0 Å². The maximum Gasteiger partial charge on any atom is 0.202 e. The molecule has 11 nitrogen and oxygen atoms in total. The van der Waals surface area contributed by atoms with Gasteiger partial charge in [0.05, 0.1) is 42.1 Å². The van der Waals surface area contributed by atoms with Crippen LogP contribution in [0.4, 0.5) is 0 Å². The monoisotopic (exact) mass is 541 g/mol. The Morgan fingerprint density at radius 1 is 1.10 bits per heavy atom. The number of aliphatic hydroxyl groups excluding tert-OH is 2. The van der Waals surface area contributed by atoms with Gasteiger partial charge in [-0.15, -0.1) is 0 Å². The van der Waals surface area contributed by atoms with Crippen LogP contribution in [0.25, 0.3) is 0 Å². The predicted octanol–water partition coefficient (Wildman–Crippen LogP) is 0.665. The van der Waals surface area contributed by atoms with Gasteiger partial charge < -0.3 is 40.7 Å². The van der Waals surface area contributed by atoms with Gasteiger partial charge in [0.25, 0.3) is 0 Å². The Kier molecular flexibility index (Phi) is 6.76. The lowest BCUT2D eigenvalue weighted by atomic mass is 9.71. The van der Waals surface area contributed by atoms with E-state index >= 15 is 0 Å². The second-order valence-electron chi connectivity index (χ2n) is 10.7. The number of hydrogen-bond acceptors (Lipinski definition) is 11. The zero-order valence-corrected chi connectivity index (χ0v) is 21.5. The number of benzene rings is 2. The van der Waals surface area contributed by atoms with Gasteiger partial charge in [-0.3, -0.25) is 14.4 Å². The van der Waals surface area contributed by atoms with Crippen LogP contribution in [0.3, 0.4) is 0 Å². The van der Waals surface area contributed by atoms with Crippen LogP contribution in [0.15, 0.2) is 18.2 Å². The van der Waals surface area contributed by atoms with Crippen LogP contribution in [0.2, 0.25) is 0 Å². The van der Waals surface area contributed by atoms with Crippen molar-refractivity contribution in [3.63, 3.8) is 0 Å². The Hall–Kier alpha value is -3.35. The van der Waals surface area contributed by atoms with E-state index in [9.17, 15) is 39.9 Å². The third-order valence-corrected chi connectivity index (χ3v) is 8.29. The Labute approximate surface area is 223 Å². The summed E-state index contributed by atoms with van der Waals surface area (Å²) in [5, 5.41) is 54.0. The van der Waals surface area contributed by atoms with Crippen LogP contribution in [-0.4, -0.2) is 80.4 Å². The highest BCUT2D eigenvalue weighted by molar-refractivity contribution is 6.31. The summed E-state index contributed by atoms with van der Waals surface area (Å²) < 4.78 is 11.5. The van der Waals surface area contributed by atoms with Gasteiger partial charge in [0.1, 0.15) is 29.5 Å². The largest absolute Gasteiger partial charge is 0.507 e. The zero-order valence-electron chi connectivity index (χ0n) is 21.5. The van der Waals surface area contributed by atoms with E-state index in [1.165, 1.54) is 25.3 Å². The number of phenolic OH excluding ortho intramolecular Hbond substituents is 2. The number of aliphatic hydroxyl groups is 3. The molecule has 1 saturated carbocycles. The summed E-state index contributed by atoms with van der Waals surface area (Å²) in [6.07, 6.45) is -2.82. The number of aromatic hydroxyl groups is 2. The molecular weight excluding hydrogens is 510 g/mol. The molecule has 3 aliphatic carbocycles. The second kappa shape index (κ2) is 9.68. The van der Waals surface area contributed by atoms with E-state index in [-0.39, 0.29) is 40.3 Å². The van der Waals surface area contributed by atoms with Crippen LogP contribution in [0.1, 0.15) is 75.3 Å². The number of ether oxygens (including phenoxy) is 2. The average Bonchev–Trinajstić information content (AvgIpc) is 2.90. The molecule has 2 unspecified atom stereocenters. The standard InChI is InChI=1S/C28H31NO10/c1-11-6-12(7-15(29)23(11)32)39-17-9-28(37,18(31)10-30)8-14-20(17)27(36)22-21(25(14)34)24(33)13-4-3-5-16(38-2)19(13)26(22)35/h3-5,11-12,15,17,23,30,32,34,36-37H,6-10,29H2,1-2H3/t11-,12?,15+,17?,23-,28+/m1/s1. The van der Waals surface area contributed by atoms with E-state index < -0.39 is 89.4 Å². The van der Waals surface area contributed by atoms with E-state index in [2.05, 4.69) is 0 Å². The first kappa shape index (κ1) is 27.2. The number of rotatable bonds is 5. The first-order valence-corrected chi connectivity index (χ1v) is 12.8. The molecule has 2 aromatic carbocycles. The van der Waals surface area contributed by atoms with Crippen molar-refractivity contribution in [2.24, 2.45) is 11.7 Å².